The molecule has 1 aliphatic heterocycles. The third-order valence-electron chi connectivity index (χ3n) is 3.98. The first kappa shape index (κ1) is 16.1. The Morgan fingerprint density at radius 3 is 2.24 bits per heavy atom. The largest absolute Gasteiger partial charge is 0.416 e. The molecule has 0 amide bonds. The van der Waals surface area contributed by atoms with Gasteiger partial charge in [0.15, 0.2) is 0 Å². The molecule has 0 spiro atoms. The molecule has 0 aromatic heterocycles. The van der Waals surface area contributed by atoms with Crippen molar-refractivity contribution in [2.45, 2.75) is 32.7 Å². The summed E-state index contributed by atoms with van der Waals surface area (Å²) < 4.78 is 39.0. The summed E-state index contributed by atoms with van der Waals surface area (Å²) in [7, 11) is 0. The minimum absolute atomic E-state index is 0.0768. The summed E-state index contributed by atoms with van der Waals surface area (Å²) in [5.41, 5.74) is -0.246. The van der Waals surface area contributed by atoms with E-state index in [1.54, 1.807) is 6.07 Å². The Morgan fingerprint density at radius 2 is 1.76 bits per heavy atom. The second kappa shape index (κ2) is 6.23. The van der Waals surface area contributed by atoms with Gasteiger partial charge in [-0.2, -0.15) is 13.2 Å². The zero-order valence-electron chi connectivity index (χ0n) is 12.3. The van der Waals surface area contributed by atoms with E-state index in [4.69, 9.17) is 5.11 Å². The highest BCUT2D eigenvalue weighted by atomic mass is 19.4. The van der Waals surface area contributed by atoms with Crippen LogP contribution in [0.5, 0.6) is 0 Å². The molecular weight excluding hydrogens is 281 g/mol. The topological polar surface area (TPSA) is 26.7 Å². The van der Waals surface area contributed by atoms with Crippen LogP contribution in [-0.2, 0) is 12.8 Å². The Bertz CT molecular complexity index is 480. The summed E-state index contributed by atoms with van der Waals surface area (Å²) in [5, 5.41) is 9.06. The molecule has 2 rings (SSSR count). The van der Waals surface area contributed by atoms with Crippen LogP contribution in [0.2, 0.25) is 0 Å². The van der Waals surface area contributed by atoms with Crippen LogP contribution in [0.15, 0.2) is 18.2 Å². The number of rotatable bonds is 3. The Kier molecular flexibility index (Phi) is 4.78. The standard InChI is InChI=1S/C15H21F3N2O/c1-11(2)19-5-7-20(8-6-19)13-4-3-12(10-21)14(9-13)15(16,17)18/h3-4,9,11,21H,5-8,10H2,1-2H3. The number of anilines is 1. The Balaban J connectivity index is 2.18. The molecule has 3 nitrogen and oxygen atoms in total. The van der Waals surface area contributed by atoms with Crippen molar-refractivity contribution in [2.24, 2.45) is 0 Å². The molecule has 1 aromatic rings. The van der Waals surface area contributed by atoms with Crippen molar-refractivity contribution < 1.29 is 18.3 Å². The first-order valence-electron chi connectivity index (χ1n) is 7.13. The maximum atomic E-state index is 13.0. The van der Waals surface area contributed by atoms with E-state index in [1.807, 2.05) is 4.90 Å². The van der Waals surface area contributed by atoms with E-state index in [0.717, 1.165) is 19.2 Å². The van der Waals surface area contributed by atoms with Gasteiger partial charge in [0, 0.05) is 37.9 Å². The van der Waals surface area contributed by atoms with E-state index >= 15 is 0 Å². The Morgan fingerprint density at radius 1 is 1.14 bits per heavy atom. The van der Waals surface area contributed by atoms with Gasteiger partial charge in [0.05, 0.1) is 12.2 Å². The molecule has 0 radical (unpaired) electrons. The van der Waals surface area contributed by atoms with E-state index < -0.39 is 18.3 Å². The van der Waals surface area contributed by atoms with Crippen LogP contribution in [0.1, 0.15) is 25.0 Å². The van der Waals surface area contributed by atoms with Gasteiger partial charge in [-0.15, -0.1) is 0 Å². The number of aliphatic hydroxyl groups excluding tert-OH is 1. The first-order valence-corrected chi connectivity index (χ1v) is 7.13. The number of alkyl halides is 3. The van der Waals surface area contributed by atoms with Crippen molar-refractivity contribution in [2.75, 3.05) is 31.1 Å². The lowest BCUT2D eigenvalue weighted by molar-refractivity contribution is -0.138. The van der Waals surface area contributed by atoms with Crippen LogP contribution in [0.25, 0.3) is 0 Å². The predicted molar refractivity (Wildman–Crippen MR) is 76.3 cm³/mol. The molecule has 1 N–H and O–H groups in total. The highest BCUT2D eigenvalue weighted by Gasteiger charge is 2.34. The number of hydrogen-bond acceptors (Lipinski definition) is 3. The molecule has 1 aromatic carbocycles. The van der Waals surface area contributed by atoms with Crippen molar-refractivity contribution in [3.05, 3.63) is 29.3 Å². The minimum atomic E-state index is -4.44. The number of piperazine rings is 1. The van der Waals surface area contributed by atoms with Crippen molar-refractivity contribution in [1.29, 1.82) is 0 Å². The van der Waals surface area contributed by atoms with E-state index in [1.165, 1.54) is 6.07 Å². The molecular formula is C15H21F3N2O. The quantitative estimate of drug-likeness (QED) is 0.930. The molecule has 1 fully saturated rings. The van der Waals surface area contributed by atoms with Crippen LogP contribution in [0, 0.1) is 0 Å². The van der Waals surface area contributed by atoms with E-state index in [9.17, 15) is 13.2 Å². The van der Waals surface area contributed by atoms with E-state index in [-0.39, 0.29) is 5.56 Å². The van der Waals surface area contributed by atoms with Crippen LogP contribution >= 0.6 is 0 Å². The van der Waals surface area contributed by atoms with Crippen molar-refractivity contribution in [3.8, 4) is 0 Å². The van der Waals surface area contributed by atoms with Gasteiger partial charge in [-0.3, -0.25) is 4.90 Å². The van der Waals surface area contributed by atoms with Gasteiger partial charge in [-0.25, -0.2) is 0 Å². The summed E-state index contributed by atoms with van der Waals surface area (Å²) >= 11 is 0. The molecule has 0 saturated carbocycles. The molecule has 21 heavy (non-hydrogen) atoms. The molecule has 1 heterocycles. The van der Waals surface area contributed by atoms with Gasteiger partial charge in [0.1, 0.15) is 0 Å². The number of aliphatic hydroxyl groups is 1. The maximum Gasteiger partial charge on any atom is 0.416 e. The monoisotopic (exact) mass is 302 g/mol. The van der Waals surface area contributed by atoms with Gasteiger partial charge in [0.25, 0.3) is 0 Å². The fourth-order valence-electron chi connectivity index (χ4n) is 2.66. The molecule has 0 atom stereocenters. The minimum Gasteiger partial charge on any atom is -0.392 e. The third kappa shape index (κ3) is 3.68. The zero-order valence-corrected chi connectivity index (χ0v) is 12.3. The SMILES string of the molecule is CC(C)N1CCN(c2ccc(CO)c(C(F)(F)F)c2)CC1. The van der Waals surface area contributed by atoms with Gasteiger partial charge in [-0.1, -0.05) is 6.07 Å². The van der Waals surface area contributed by atoms with Crippen molar-refractivity contribution in [3.63, 3.8) is 0 Å². The summed E-state index contributed by atoms with van der Waals surface area (Å²) in [4.78, 5) is 4.28. The fourth-order valence-corrected chi connectivity index (χ4v) is 2.66. The predicted octanol–water partition coefficient (Wildman–Crippen LogP) is 2.73. The first-order chi connectivity index (χ1) is 9.82. The Labute approximate surface area is 123 Å². The fraction of sp³-hybridized carbons (Fsp3) is 0.600. The van der Waals surface area contributed by atoms with Crippen molar-refractivity contribution in [1.82, 2.24) is 4.90 Å². The zero-order chi connectivity index (χ0) is 15.6. The van der Waals surface area contributed by atoms with E-state index in [0.29, 0.717) is 24.8 Å². The lowest BCUT2D eigenvalue weighted by Crippen LogP contribution is -2.48. The average Bonchev–Trinajstić information content (AvgIpc) is 2.45. The summed E-state index contributed by atoms with van der Waals surface area (Å²) in [6.07, 6.45) is -4.44. The molecule has 0 aliphatic carbocycles. The smallest absolute Gasteiger partial charge is 0.392 e. The normalized spacial score (nSPS) is 17.6. The maximum absolute atomic E-state index is 13.0. The van der Waals surface area contributed by atoms with Crippen LogP contribution in [0.4, 0.5) is 18.9 Å². The van der Waals surface area contributed by atoms with Gasteiger partial charge in [0.2, 0.25) is 0 Å². The lowest BCUT2D eigenvalue weighted by atomic mass is 10.1. The van der Waals surface area contributed by atoms with E-state index in [2.05, 4.69) is 18.7 Å². The highest BCUT2D eigenvalue weighted by Crippen LogP contribution is 2.35. The van der Waals surface area contributed by atoms with Crippen molar-refractivity contribution >= 4 is 5.69 Å². The van der Waals surface area contributed by atoms with Gasteiger partial charge >= 0.3 is 6.18 Å². The molecule has 118 valence electrons. The number of benzene rings is 1. The molecule has 1 saturated heterocycles. The third-order valence-corrected chi connectivity index (χ3v) is 3.98. The molecule has 6 heteroatoms. The lowest BCUT2D eigenvalue weighted by Gasteiger charge is -2.38. The highest BCUT2D eigenvalue weighted by molar-refractivity contribution is 5.52. The van der Waals surface area contributed by atoms with Gasteiger partial charge < -0.3 is 10.0 Å². The average molecular weight is 302 g/mol. The Hall–Kier alpha value is -1.27. The number of halogens is 3. The summed E-state index contributed by atoms with van der Waals surface area (Å²) in [6, 6.07) is 4.63. The summed E-state index contributed by atoms with van der Waals surface area (Å²) in [5.74, 6) is 0. The van der Waals surface area contributed by atoms with Crippen LogP contribution < -0.4 is 4.90 Å². The second-order valence-corrected chi connectivity index (χ2v) is 5.61. The number of hydrogen-bond donors (Lipinski definition) is 1. The molecule has 1 aliphatic rings. The molecule has 0 bridgehead atoms. The van der Waals surface area contributed by atoms with Crippen LogP contribution in [0.3, 0.4) is 0 Å². The summed E-state index contributed by atoms with van der Waals surface area (Å²) in [6.45, 7) is 6.76. The van der Waals surface area contributed by atoms with Gasteiger partial charge in [-0.05, 0) is 31.5 Å². The second-order valence-electron chi connectivity index (χ2n) is 5.61. The number of nitrogens with zero attached hydrogens (tertiary/aromatic N) is 2. The molecule has 0 unspecified atom stereocenters. The van der Waals surface area contributed by atoms with Crippen LogP contribution in [-0.4, -0.2) is 42.2 Å².